The van der Waals surface area contributed by atoms with Gasteiger partial charge in [0.05, 0.1) is 18.2 Å². The number of nitrogens with one attached hydrogen (secondary N) is 1. The standard InChI is InChI=1S/C16H25N5O2/c1-20-7-4-14(22)13(11-20)16(23)19-12-2-8-21(9-3-12)15-10-17-5-6-18-15/h5-6,10,12-14,22H,2-4,7-9,11H2,1H3,(H,19,23)/t13-,14+/m1/s1. The molecule has 2 fully saturated rings. The molecule has 0 spiro atoms. The molecule has 0 aromatic carbocycles. The topological polar surface area (TPSA) is 81.6 Å². The summed E-state index contributed by atoms with van der Waals surface area (Å²) in [6.45, 7) is 3.19. The van der Waals surface area contributed by atoms with Gasteiger partial charge in [0, 0.05) is 44.6 Å². The zero-order chi connectivity index (χ0) is 16.2. The predicted octanol–water partition coefficient (Wildman–Crippen LogP) is -0.126. The molecule has 7 heteroatoms. The summed E-state index contributed by atoms with van der Waals surface area (Å²) in [6, 6.07) is 0.176. The summed E-state index contributed by atoms with van der Waals surface area (Å²) < 4.78 is 0. The van der Waals surface area contributed by atoms with Gasteiger partial charge in [0.1, 0.15) is 5.82 Å². The maximum Gasteiger partial charge on any atom is 0.227 e. The highest BCUT2D eigenvalue weighted by Gasteiger charge is 2.33. The van der Waals surface area contributed by atoms with Crippen molar-refractivity contribution < 1.29 is 9.90 Å². The maximum atomic E-state index is 12.4. The summed E-state index contributed by atoms with van der Waals surface area (Å²) in [6.07, 6.45) is 7.06. The van der Waals surface area contributed by atoms with Crippen LogP contribution >= 0.6 is 0 Å². The number of aromatic nitrogens is 2. The minimum Gasteiger partial charge on any atom is -0.392 e. The molecule has 2 atom stereocenters. The molecular weight excluding hydrogens is 294 g/mol. The van der Waals surface area contributed by atoms with Crippen LogP contribution in [0.25, 0.3) is 0 Å². The highest BCUT2D eigenvalue weighted by atomic mass is 16.3. The van der Waals surface area contributed by atoms with Crippen LogP contribution in [0.3, 0.4) is 0 Å². The van der Waals surface area contributed by atoms with E-state index >= 15 is 0 Å². The fourth-order valence-electron chi connectivity index (χ4n) is 3.38. The smallest absolute Gasteiger partial charge is 0.227 e. The minimum atomic E-state index is -0.522. The van der Waals surface area contributed by atoms with E-state index in [2.05, 4.69) is 25.1 Å². The van der Waals surface area contributed by atoms with Gasteiger partial charge >= 0.3 is 0 Å². The Bertz CT molecular complexity index is 518. The summed E-state index contributed by atoms with van der Waals surface area (Å²) in [4.78, 5) is 25.2. The largest absolute Gasteiger partial charge is 0.392 e. The van der Waals surface area contributed by atoms with Crippen molar-refractivity contribution in [3.63, 3.8) is 0 Å². The number of carbonyl (C=O) groups is 1. The van der Waals surface area contributed by atoms with E-state index in [0.29, 0.717) is 13.0 Å². The van der Waals surface area contributed by atoms with Crippen molar-refractivity contribution in [1.82, 2.24) is 20.2 Å². The van der Waals surface area contributed by atoms with Crippen molar-refractivity contribution in [1.29, 1.82) is 0 Å². The van der Waals surface area contributed by atoms with Crippen LogP contribution in [0.2, 0.25) is 0 Å². The average molecular weight is 319 g/mol. The molecule has 1 aromatic rings. The first-order valence-electron chi connectivity index (χ1n) is 8.31. The lowest BCUT2D eigenvalue weighted by molar-refractivity contribution is -0.132. The van der Waals surface area contributed by atoms with Gasteiger partial charge in [-0.2, -0.15) is 0 Å². The molecule has 0 aliphatic carbocycles. The van der Waals surface area contributed by atoms with Crippen molar-refractivity contribution >= 4 is 11.7 Å². The van der Waals surface area contributed by atoms with Crippen molar-refractivity contribution in [2.45, 2.75) is 31.4 Å². The van der Waals surface area contributed by atoms with E-state index in [0.717, 1.165) is 38.3 Å². The molecule has 2 saturated heterocycles. The summed E-state index contributed by atoms with van der Waals surface area (Å²) in [5, 5.41) is 13.2. The number of amides is 1. The van der Waals surface area contributed by atoms with E-state index in [1.165, 1.54) is 0 Å². The number of rotatable bonds is 3. The number of piperidine rings is 2. The Morgan fingerprint density at radius 2 is 2.04 bits per heavy atom. The maximum absolute atomic E-state index is 12.4. The van der Waals surface area contributed by atoms with Gasteiger partial charge in [-0.15, -0.1) is 0 Å². The van der Waals surface area contributed by atoms with Gasteiger partial charge in [0.15, 0.2) is 0 Å². The molecule has 3 heterocycles. The number of anilines is 1. The van der Waals surface area contributed by atoms with Gasteiger partial charge in [-0.05, 0) is 26.3 Å². The number of hydrogen-bond donors (Lipinski definition) is 2. The number of carbonyl (C=O) groups excluding carboxylic acids is 1. The summed E-state index contributed by atoms with van der Waals surface area (Å²) in [5.41, 5.74) is 0. The van der Waals surface area contributed by atoms with Crippen LogP contribution in [0.15, 0.2) is 18.6 Å². The SMILES string of the molecule is CN1CC[C@H](O)[C@H](C(=O)NC2CCN(c3cnccn3)CC2)C1. The van der Waals surface area contributed by atoms with Crippen LogP contribution in [0.4, 0.5) is 5.82 Å². The van der Waals surface area contributed by atoms with Gasteiger partial charge in [-0.1, -0.05) is 0 Å². The van der Waals surface area contributed by atoms with Crippen LogP contribution in [0.1, 0.15) is 19.3 Å². The fourth-order valence-corrected chi connectivity index (χ4v) is 3.38. The second-order valence-corrected chi connectivity index (χ2v) is 6.56. The molecule has 126 valence electrons. The van der Waals surface area contributed by atoms with Crippen LogP contribution in [0.5, 0.6) is 0 Å². The predicted molar refractivity (Wildman–Crippen MR) is 87.0 cm³/mol. The van der Waals surface area contributed by atoms with Gasteiger partial charge in [-0.3, -0.25) is 9.78 Å². The molecular formula is C16H25N5O2. The molecule has 0 radical (unpaired) electrons. The molecule has 7 nitrogen and oxygen atoms in total. The van der Waals surface area contributed by atoms with E-state index < -0.39 is 6.10 Å². The fraction of sp³-hybridized carbons (Fsp3) is 0.688. The molecule has 2 aliphatic heterocycles. The Morgan fingerprint density at radius 3 is 2.74 bits per heavy atom. The third-order valence-electron chi connectivity index (χ3n) is 4.83. The monoisotopic (exact) mass is 319 g/mol. The lowest BCUT2D eigenvalue weighted by Gasteiger charge is -2.36. The Balaban J connectivity index is 1.49. The second kappa shape index (κ2) is 7.23. The Kier molecular flexibility index (Phi) is 5.07. The lowest BCUT2D eigenvalue weighted by Crippen LogP contribution is -2.52. The molecule has 1 aromatic heterocycles. The zero-order valence-electron chi connectivity index (χ0n) is 13.6. The third-order valence-corrected chi connectivity index (χ3v) is 4.83. The molecule has 0 bridgehead atoms. The van der Waals surface area contributed by atoms with Gasteiger partial charge < -0.3 is 20.2 Å². The van der Waals surface area contributed by atoms with Crippen LogP contribution < -0.4 is 10.2 Å². The summed E-state index contributed by atoms with van der Waals surface area (Å²) in [5.74, 6) is 0.565. The Hall–Kier alpha value is -1.73. The van der Waals surface area contributed by atoms with Crippen LogP contribution in [-0.2, 0) is 4.79 Å². The molecule has 2 aliphatic rings. The summed E-state index contributed by atoms with van der Waals surface area (Å²) >= 11 is 0. The van der Waals surface area contributed by atoms with E-state index in [4.69, 9.17) is 0 Å². The highest BCUT2D eigenvalue weighted by molar-refractivity contribution is 5.80. The van der Waals surface area contributed by atoms with Gasteiger partial charge in [0.2, 0.25) is 5.91 Å². The number of likely N-dealkylation sites (tertiary alicyclic amines) is 1. The van der Waals surface area contributed by atoms with Crippen molar-refractivity contribution in [2.75, 3.05) is 38.1 Å². The Morgan fingerprint density at radius 1 is 1.26 bits per heavy atom. The number of nitrogens with zero attached hydrogens (tertiary/aromatic N) is 4. The molecule has 3 rings (SSSR count). The van der Waals surface area contributed by atoms with Gasteiger partial charge in [0.25, 0.3) is 0 Å². The molecule has 23 heavy (non-hydrogen) atoms. The molecule has 2 N–H and O–H groups in total. The first-order valence-corrected chi connectivity index (χ1v) is 8.31. The summed E-state index contributed by atoms with van der Waals surface area (Å²) in [7, 11) is 1.99. The van der Waals surface area contributed by atoms with Gasteiger partial charge in [-0.25, -0.2) is 4.98 Å². The highest BCUT2D eigenvalue weighted by Crippen LogP contribution is 2.19. The first-order chi connectivity index (χ1) is 11.1. The van der Waals surface area contributed by atoms with Crippen LogP contribution in [0, 0.1) is 5.92 Å². The van der Waals surface area contributed by atoms with Crippen molar-refractivity contribution in [2.24, 2.45) is 5.92 Å². The average Bonchev–Trinajstić information content (AvgIpc) is 2.58. The normalized spacial score (nSPS) is 27.0. The lowest BCUT2D eigenvalue weighted by atomic mass is 9.93. The molecule has 0 unspecified atom stereocenters. The second-order valence-electron chi connectivity index (χ2n) is 6.56. The number of aliphatic hydroxyl groups excluding tert-OH is 1. The van der Waals surface area contributed by atoms with E-state index in [-0.39, 0.29) is 17.9 Å². The van der Waals surface area contributed by atoms with Crippen LogP contribution in [-0.4, -0.2) is 71.3 Å². The number of aliphatic hydroxyl groups is 1. The zero-order valence-corrected chi connectivity index (χ0v) is 13.6. The van der Waals surface area contributed by atoms with Crippen molar-refractivity contribution in [3.8, 4) is 0 Å². The first kappa shape index (κ1) is 16.1. The van der Waals surface area contributed by atoms with E-state index in [1.54, 1.807) is 18.6 Å². The minimum absolute atomic E-state index is 0.0120. The van der Waals surface area contributed by atoms with E-state index in [9.17, 15) is 9.90 Å². The Labute approximate surface area is 136 Å². The molecule has 1 amide bonds. The third kappa shape index (κ3) is 3.97. The number of hydrogen-bond acceptors (Lipinski definition) is 6. The van der Waals surface area contributed by atoms with E-state index in [1.807, 2.05) is 7.05 Å². The quantitative estimate of drug-likeness (QED) is 0.808. The molecule has 0 saturated carbocycles. The van der Waals surface area contributed by atoms with Crippen molar-refractivity contribution in [3.05, 3.63) is 18.6 Å².